The van der Waals surface area contributed by atoms with Crippen molar-refractivity contribution in [3.8, 4) is 6.07 Å². The minimum atomic E-state index is -0.538. The van der Waals surface area contributed by atoms with Crippen LogP contribution in [0.15, 0.2) is 119 Å². The molecule has 9 N–H and O–H groups in total. The number of amides is 5. The molecule has 3 aliphatic rings. The molecule has 5 amide bonds. The summed E-state index contributed by atoms with van der Waals surface area (Å²) in [5, 5.41) is 28.2. The molecule has 0 bridgehead atoms. The summed E-state index contributed by atoms with van der Waals surface area (Å²) in [6.07, 6.45) is 9.41. The van der Waals surface area contributed by atoms with Crippen LogP contribution in [0.5, 0.6) is 0 Å². The lowest BCUT2D eigenvalue weighted by Gasteiger charge is -2.34. The van der Waals surface area contributed by atoms with E-state index >= 15 is 0 Å². The number of rotatable bonds is 16. The lowest BCUT2D eigenvalue weighted by Crippen LogP contribution is -2.33. The van der Waals surface area contributed by atoms with E-state index in [-0.39, 0.29) is 59.6 Å². The van der Waals surface area contributed by atoms with E-state index in [2.05, 4.69) is 123 Å². The van der Waals surface area contributed by atoms with Crippen molar-refractivity contribution in [1.82, 2.24) is 30.9 Å². The maximum Gasteiger partial charge on any atom is 0.261 e. The number of nitrogens with one attached hydrogen (secondary N) is 3. The number of thiophene rings is 3. The lowest BCUT2D eigenvalue weighted by atomic mass is 9.71. The quantitative estimate of drug-likeness (QED) is 0.0302. The van der Waals surface area contributed by atoms with Crippen molar-refractivity contribution in [2.75, 3.05) is 19.6 Å². The molecular formula is C75H84N16O5S3. The fraction of sp³-hybridized carbons (Fsp3) is 0.400. The molecule has 9 aromatic rings. The number of nitrogens with zero attached hydrogens (tertiary/aromatic N) is 10. The Kier molecular flexibility index (Phi) is 22.4. The van der Waals surface area contributed by atoms with Gasteiger partial charge >= 0.3 is 0 Å². The monoisotopic (exact) mass is 1380 g/mol. The molecule has 512 valence electrons. The predicted molar refractivity (Wildman–Crippen MR) is 393 cm³/mol. The molecule has 6 aromatic heterocycles. The first-order chi connectivity index (χ1) is 47.1. The van der Waals surface area contributed by atoms with Crippen molar-refractivity contribution in [3.63, 3.8) is 0 Å². The van der Waals surface area contributed by atoms with Gasteiger partial charge in [-0.25, -0.2) is 15.0 Å². The van der Waals surface area contributed by atoms with Crippen LogP contribution in [0.3, 0.4) is 0 Å². The second-order valence-corrected chi connectivity index (χ2v) is 32.2. The van der Waals surface area contributed by atoms with Gasteiger partial charge in [-0.1, -0.05) is 109 Å². The zero-order valence-electron chi connectivity index (χ0n) is 57.3. The Morgan fingerprint density at radius 1 is 0.515 bits per heavy atom. The van der Waals surface area contributed by atoms with Crippen molar-refractivity contribution < 1.29 is 24.0 Å². The number of aryl methyl sites for hydroxylation is 3. The van der Waals surface area contributed by atoms with Crippen LogP contribution in [0.25, 0.3) is 51.5 Å². The summed E-state index contributed by atoms with van der Waals surface area (Å²) in [6, 6.07) is 33.3. The second kappa shape index (κ2) is 30.7. The topological polar surface area (TPSA) is 359 Å². The van der Waals surface area contributed by atoms with Gasteiger partial charge in [-0.3, -0.25) is 24.0 Å². The molecule has 0 radical (unpaired) electrons. The van der Waals surface area contributed by atoms with Crippen LogP contribution in [0.2, 0.25) is 0 Å². The molecule has 0 fully saturated rings. The number of aromatic nitrogens is 3. The van der Waals surface area contributed by atoms with E-state index in [0.29, 0.717) is 54.6 Å². The molecule has 24 heteroatoms. The molecule has 0 spiro atoms. The molecular weight excluding hydrogens is 1300 g/mol. The first-order valence-corrected chi connectivity index (χ1v) is 35.7. The van der Waals surface area contributed by atoms with Crippen LogP contribution < -0.4 is 33.2 Å². The molecule has 0 aliphatic heterocycles. The molecule has 6 heterocycles. The van der Waals surface area contributed by atoms with Gasteiger partial charge < -0.3 is 33.2 Å². The molecule has 3 aliphatic carbocycles. The van der Waals surface area contributed by atoms with E-state index in [1.165, 1.54) is 56.4 Å². The zero-order valence-corrected chi connectivity index (χ0v) is 59.8. The van der Waals surface area contributed by atoms with E-state index in [1.807, 2.05) is 18.2 Å². The summed E-state index contributed by atoms with van der Waals surface area (Å²) in [5.74, 6) is 0.199. The standard InChI is InChI=1S/C25H28N6O2S.C25H26N6OS.C25H30N4O2S/c1-25(2,3)18-8-9-19-16(11-18)10-17-12-21(34-24(17)30-19)23(33)29-20(13-28-31-27)14-4-6-15(7-5-14)22(26)32;1-25(2,3)19-8-9-20-17(11-19)10-18-12-22(33-24(18)30-20)23(32)29-21(14-28-31-27)16-6-4-15(13-26)5-7-16;1-25(2,3)18-8-9-19-16(11-18)10-17-12-21(32-24(17)29-19)23(31)28-20(13-26)14-4-6-15(7-5-14)22(27)30/h4-7,10,12,18,20H,8-9,11,13H2,1-3H3,(H2,26,32)(H,29,33);4-7,10,12,19,21H,8-9,11,14H2,1-3H3,(H,29,32);4-7,10,12,18,20H,8-9,11,13,26H2,1-3H3,(H2,27,30)(H,28,31)/t18?,20-;19?,21-;18?,20-/m111/s1. The number of primary amides is 2. The summed E-state index contributed by atoms with van der Waals surface area (Å²) in [6.45, 7) is 21.0. The number of hydrogen-bond acceptors (Lipinski definition) is 15. The summed E-state index contributed by atoms with van der Waals surface area (Å²) in [5.41, 5.74) is 45.8. The van der Waals surface area contributed by atoms with E-state index in [9.17, 15) is 24.0 Å². The summed E-state index contributed by atoms with van der Waals surface area (Å²) in [4.78, 5) is 86.5. The Labute approximate surface area is 588 Å². The largest absolute Gasteiger partial charge is 0.366 e. The Morgan fingerprint density at radius 3 is 1.10 bits per heavy atom. The highest BCUT2D eigenvalue weighted by molar-refractivity contribution is 7.21. The van der Waals surface area contributed by atoms with Crippen molar-refractivity contribution in [2.45, 2.75) is 138 Å². The number of benzene rings is 3. The number of hydrogen-bond donors (Lipinski definition) is 6. The summed E-state index contributed by atoms with van der Waals surface area (Å²) in [7, 11) is 0. The van der Waals surface area contributed by atoms with Gasteiger partial charge in [0.1, 0.15) is 14.5 Å². The average Bonchev–Trinajstić information content (AvgIpc) is 1.76. The minimum absolute atomic E-state index is 0.0454. The first-order valence-electron chi connectivity index (χ1n) is 33.3. The number of nitriles is 1. The van der Waals surface area contributed by atoms with E-state index in [0.717, 1.165) is 111 Å². The Balaban J connectivity index is 0.000000161. The highest BCUT2D eigenvalue weighted by Gasteiger charge is 2.33. The molecule has 0 saturated carbocycles. The maximum atomic E-state index is 13.1. The van der Waals surface area contributed by atoms with E-state index in [1.54, 1.807) is 72.8 Å². The van der Waals surface area contributed by atoms with E-state index in [4.69, 9.17) is 48.5 Å². The number of pyridine rings is 3. The zero-order chi connectivity index (χ0) is 71.1. The SMILES string of the molecule is CC(C)(C)C1CCc2nc3sc(C(=O)N[C@H](CN)c4ccc(C(N)=O)cc4)cc3cc2C1.CC(C)(C)C1CCc2nc3sc(C(=O)N[C@H](CN=[N+]=[N-])c4ccc(C#N)cc4)cc3cc2C1.CC(C)(C)C1CCc2nc3sc(C(=O)N[C@H](CN=[N+]=[N-])c4ccc(C(N)=O)cc4)cc3cc2C1. The third kappa shape index (κ3) is 17.6. The van der Waals surface area contributed by atoms with Gasteiger partial charge in [0, 0.05) is 60.7 Å². The van der Waals surface area contributed by atoms with Gasteiger partial charge in [0.15, 0.2) is 0 Å². The van der Waals surface area contributed by atoms with Crippen LogP contribution in [0.4, 0.5) is 0 Å². The molecule has 99 heavy (non-hydrogen) atoms. The van der Waals surface area contributed by atoms with Crippen molar-refractivity contribution >= 4 is 94.2 Å². The Morgan fingerprint density at radius 2 is 0.818 bits per heavy atom. The van der Waals surface area contributed by atoms with Crippen molar-refractivity contribution in [1.29, 1.82) is 5.26 Å². The van der Waals surface area contributed by atoms with Crippen LogP contribution in [0, 0.1) is 45.3 Å². The predicted octanol–water partition coefficient (Wildman–Crippen LogP) is 15.4. The van der Waals surface area contributed by atoms with Crippen molar-refractivity contribution in [3.05, 3.63) is 212 Å². The number of carbonyl (C=O) groups excluding carboxylic acids is 5. The normalized spacial score (nSPS) is 16.6. The van der Waals surface area contributed by atoms with Gasteiger partial charge in [0.25, 0.3) is 17.7 Å². The lowest BCUT2D eigenvalue weighted by molar-refractivity contribution is 0.0933. The van der Waals surface area contributed by atoms with Crippen LogP contribution in [-0.2, 0) is 38.5 Å². The number of nitrogens with two attached hydrogens (primary N) is 3. The first kappa shape index (κ1) is 72.2. The van der Waals surface area contributed by atoms with Gasteiger partial charge in [0.05, 0.1) is 57.5 Å². The third-order valence-corrected chi connectivity index (χ3v) is 22.5. The number of carbonyl (C=O) groups is 5. The summed E-state index contributed by atoms with van der Waals surface area (Å²) >= 11 is 4.16. The third-order valence-electron chi connectivity index (χ3n) is 19.4. The molecule has 6 atom stereocenters. The minimum Gasteiger partial charge on any atom is -0.366 e. The Bertz CT molecular complexity index is 4650. The molecule has 12 rings (SSSR count). The summed E-state index contributed by atoms with van der Waals surface area (Å²) < 4.78 is 0. The molecule has 21 nitrogen and oxygen atoms in total. The highest BCUT2D eigenvalue weighted by atomic mass is 32.1. The molecule has 0 saturated heterocycles. The number of azide groups is 2. The van der Waals surface area contributed by atoms with Gasteiger partial charge in [-0.05, 0) is 209 Å². The second-order valence-electron chi connectivity index (χ2n) is 29.1. The van der Waals surface area contributed by atoms with Gasteiger partial charge in [-0.15, -0.1) is 34.0 Å². The molecule has 3 aromatic carbocycles. The van der Waals surface area contributed by atoms with Crippen molar-refractivity contribution in [2.24, 2.45) is 61.4 Å². The fourth-order valence-electron chi connectivity index (χ4n) is 13.1. The van der Waals surface area contributed by atoms with Crippen LogP contribution in [-0.4, -0.2) is 64.1 Å². The molecule has 3 unspecified atom stereocenters. The van der Waals surface area contributed by atoms with Crippen LogP contribution >= 0.6 is 34.0 Å². The number of fused-ring (bicyclic) bond motifs is 6. The maximum absolute atomic E-state index is 13.1. The van der Waals surface area contributed by atoms with Gasteiger partial charge in [-0.2, -0.15) is 5.26 Å². The highest BCUT2D eigenvalue weighted by Crippen LogP contribution is 2.42. The van der Waals surface area contributed by atoms with Crippen LogP contribution in [0.1, 0.15) is 205 Å². The van der Waals surface area contributed by atoms with Gasteiger partial charge in [0.2, 0.25) is 11.8 Å². The van der Waals surface area contributed by atoms with E-state index < -0.39 is 23.9 Å². The Hall–Kier alpha value is -9.59. The fourth-order valence-corrected chi connectivity index (χ4v) is 16.0. The smallest absolute Gasteiger partial charge is 0.261 e. The average molecular weight is 1390 g/mol.